The van der Waals surface area contributed by atoms with Crippen LogP contribution >= 0.6 is 23.2 Å². The number of nitrogens with one attached hydrogen (secondary N) is 2. The smallest absolute Gasteiger partial charge is 0.287 e. The molecule has 1 aliphatic carbocycles. The van der Waals surface area contributed by atoms with Crippen molar-refractivity contribution in [2.24, 2.45) is 0 Å². The molecule has 32 heavy (non-hydrogen) atoms. The molecule has 0 aliphatic heterocycles. The number of rotatable bonds is 8. The number of furan rings is 1. The van der Waals surface area contributed by atoms with Crippen molar-refractivity contribution in [2.75, 3.05) is 13.2 Å². The molecule has 0 bridgehead atoms. The lowest BCUT2D eigenvalue weighted by atomic mass is 9.91. The van der Waals surface area contributed by atoms with Gasteiger partial charge in [-0.15, -0.1) is 0 Å². The molecule has 0 spiro atoms. The van der Waals surface area contributed by atoms with Gasteiger partial charge in [0.2, 0.25) is 0 Å². The Morgan fingerprint density at radius 2 is 1.72 bits per heavy atom. The number of halogens is 2. The Bertz CT molecular complexity index is 1050. The van der Waals surface area contributed by atoms with Gasteiger partial charge >= 0.3 is 0 Å². The molecule has 3 aromatic rings. The van der Waals surface area contributed by atoms with Crippen LogP contribution in [0.4, 0.5) is 0 Å². The van der Waals surface area contributed by atoms with Crippen molar-refractivity contribution in [3.63, 3.8) is 0 Å². The highest BCUT2D eigenvalue weighted by molar-refractivity contribution is 6.31. The predicted octanol–water partition coefficient (Wildman–Crippen LogP) is 4.81. The third-order valence-electron chi connectivity index (χ3n) is 5.66. The molecule has 170 valence electrons. The number of hydrogen-bond donors (Lipinski definition) is 3. The van der Waals surface area contributed by atoms with E-state index in [1.807, 2.05) is 0 Å². The Hall–Kier alpha value is -2.25. The number of carbonyl (C=O) groups is 1. The fraction of sp³-hybridized carbons (Fsp3) is 0.375. The van der Waals surface area contributed by atoms with Crippen molar-refractivity contribution in [1.82, 2.24) is 10.6 Å². The molecule has 0 saturated heterocycles. The topological polar surface area (TPSA) is 83.7 Å². The molecule has 0 unspecified atom stereocenters. The van der Waals surface area contributed by atoms with E-state index in [4.69, 9.17) is 32.4 Å². The van der Waals surface area contributed by atoms with Crippen molar-refractivity contribution in [1.29, 1.82) is 0 Å². The molecule has 0 radical (unpaired) electrons. The quantitative estimate of drug-likeness (QED) is 0.434. The van der Waals surface area contributed by atoms with Gasteiger partial charge in [0.15, 0.2) is 5.76 Å². The second kappa shape index (κ2) is 10.6. The minimum absolute atomic E-state index is 0.107. The summed E-state index contributed by atoms with van der Waals surface area (Å²) < 4.78 is 11.2. The van der Waals surface area contributed by atoms with Crippen LogP contribution in [0.25, 0.3) is 11.0 Å². The number of ether oxygens (including phenoxy) is 1. The average Bonchev–Trinajstić information content (AvgIpc) is 3.21. The van der Waals surface area contributed by atoms with Crippen molar-refractivity contribution < 1.29 is 19.1 Å². The number of aliphatic hydroxyl groups excluding tert-OH is 1. The molecule has 3 N–H and O–H groups in total. The number of benzene rings is 2. The first-order chi connectivity index (χ1) is 15.5. The van der Waals surface area contributed by atoms with Crippen LogP contribution in [0.1, 0.15) is 36.2 Å². The maximum atomic E-state index is 12.6. The lowest BCUT2D eigenvalue weighted by Gasteiger charge is -2.30. The first-order valence-electron chi connectivity index (χ1n) is 10.8. The molecule has 1 amide bonds. The van der Waals surface area contributed by atoms with E-state index in [1.54, 1.807) is 48.5 Å². The van der Waals surface area contributed by atoms with Crippen molar-refractivity contribution >= 4 is 40.1 Å². The second-order valence-electron chi connectivity index (χ2n) is 8.14. The van der Waals surface area contributed by atoms with E-state index in [0.717, 1.165) is 31.1 Å². The first kappa shape index (κ1) is 22.9. The molecular weight excluding hydrogens is 451 g/mol. The highest BCUT2D eigenvalue weighted by atomic mass is 35.5. The van der Waals surface area contributed by atoms with Crippen LogP contribution in [-0.2, 0) is 0 Å². The van der Waals surface area contributed by atoms with Gasteiger partial charge in [-0.2, -0.15) is 0 Å². The van der Waals surface area contributed by atoms with Crippen LogP contribution in [0.3, 0.4) is 0 Å². The fourth-order valence-corrected chi connectivity index (χ4v) is 4.22. The van der Waals surface area contributed by atoms with Gasteiger partial charge in [0.1, 0.15) is 24.0 Å². The van der Waals surface area contributed by atoms with E-state index in [0.29, 0.717) is 39.7 Å². The number of hydrogen-bond acceptors (Lipinski definition) is 5. The van der Waals surface area contributed by atoms with Crippen LogP contribution in [0.15, 0.2) is 52.9 Å². The van der Waals surface area contributed by atoms with E-state index in [1.165, 1.54) is 0 Å². The molecule has 6 nitrogen and oxygen atoms in total. The van der Waals surface area contributed by atoms with Gasteiger partial charge < -0.3 is 24.9 Å². The Morgan fingerprint density at radius 1 is 1.03 bits per heavy atom. The molecule has 1 aromatic heterocycles. The molecule has 8 heteroatoms. The van der Waals surface area contributed by atoms with Crippen LogP contribution in [0, 0.1) is 0 Å². The summed E-state index contributed by atoms with van der Waals surface area (Å²) in [6.45, 7) is 0.666. The third-order valence-corrected chi connectivity index (χ3v) is 6.15. The number of amides is 1. The molecule has 1 saturated carbocycles. The second-order valence-corrected chi connectivity index (χ2v) is 9.01. The Morgan fingerprint density at radius 3 is 2.47 bits per heavy atom. The third kappa shape index (κ3) is 6.17. The number of carbonyl (C=O) groups excluding carboxylic acids is 1. The summed E-state index contributed by atoms with van der Waals surface area (Å²) in [4.78, 5) is 12.6. The summed E-state index contributed by atoms with van der Waals surface area (Å²) in [5.41, 5.74) is 0.644. The molecule has 2 aromatic carbocycles. The van der Waals surface area contributed by atoms with Gasteiger partial charge in [-0.3, -0.25) is 4.79 Å². The molecule has 1 atom stereocenters. The SMILES string of the molecule is O=C(NC1CCC(NC[C@H](O)COc2ccc(Cl)cc2)CC1)c1cc2cc(Cl)ccc2o1. The van der Waals surface area contributed by atoms with Gasteiger partial charge in [0, 0.05) is 34.1 Å². The summed E-state index contributed by atoms with van der Waals surface area (Å²) in [6.07, 6.45) is 2.97. The molecule has 1 fully saturated rings. The fourth-order valence-electron chi connectivity index (χ4n) is 3.91. The van der Waals surface area contributed by atoms with Crippen LogP contribution in [0.5, 0.6) is 5.75 Å². The zero-order valence-corrected chi connectivity index (χ0v) is 19.0. The van der Waals surface area contributed by atoms with Crippen molar-refractivity contribution in [3.05, 3.63) is 64.3 Å². The Balaban J connectivity index is 1.16. The van der Waals surface area contributed by atoms with Crippen LogP contribution in [-0.4, -0.2) is 42.4 Å². The summed E-state index contributed by atoms with van der Waals surface area (Å²) in [5, 5.41) is 18.7. The summed E-state index contributed by atoms with van der Waals surface area (Å²) in [6, 6.07) is 14.5. The normalized spacial score (nSPS) is 19.6. The zero-order chi connectivity index (χ0) is 22.5. The van der Waals surface area contributed by atoms with E-state index >= 15 is 0 Å². The lowest BCUT2D eigenvalue weighted by molar-refractivity contribution is 0.0891. The summed E-state index contributed by atoms with van der Waals surface area (Å²) in [5.74, 6) is 0.770. The van der Waals surface area contributed by atoms with E-state index in [9.17, 15) is 9.90 Å². The number of aliphatic hydroxyl groups is 1. The van der Waals surface area contributed by atoms with Crippen LogP contribution in [0.2, 0.25) is 10.0 Å². The zero-order valence-electron chi connectivity index (χ0n) is 17.5. The monoisotopic (exact) mass is 476 g/mol. The average molecular weight is 477 g/mol. The standard InChI is InChI=1S/C24H26Cl2N2O4/c25-16-1-8-21(9-2-16)31-14-20(29)13-27-18-4-6-19(7-5-18)28-24(30)23-12-15-11-17(26)3-10-22(15)32-23/h1-3,8-12,18-20,27,29H,4-7,13-14H2,(H,28,30)/t18?,19?,20-/m0/s1. The highest BCUT2D eigenvalue weighted by Crippen LogP contribution is 2.24. The van der Waals surface area contributed by atoms with E-state index < -0.39 is 6.10 Å². The lowest BCUT2D eigenvalue weighted by Crippen LogP contribution is -2.44. The maximum Gasteiger partial charge on any atom is 0.287 e. The van der Waals surface area contributed by atoms with Gasteiger partial charge in [-0.05, 0) is 74.2 Å². The Kier molecular flexibility index (Phi) is 7.58. The predicted molar refractivity (Wildman–Crippen MR) is 126 cm³/mol. The van der Waals surface area contributed by atoms with Crippen molar-refractivity contribution in [2.45, 2.75) is 43.9 Å². The van der Waals surface area contributed by atoms with E-state index in [-0.39, 0.29) is 18.6 Å². The van der Waals surface area contributed by atoms with Crippen LogP contribution < -0.4 is 15.4 Å². The minimum Gasteiger partial charge on any atom is -0.491 e. The van der Waals surface area contributed by atoms with Gasteiger partial charge in [-0.25, -0.2) is 0 Å². The molecule has 4 rings (SSSR count). The highest BCUT2D eigenvalue weighted by Gasteiger charge is 2.24. The van der Waals surface area contributed by atoms with Gasteiger partial charge in [0.05, 0.1) is 0 Å². The van der Waals surface area contributed by atoms with E-state index in [2.05, 4.69) is 10.6 Å². The van der Waals surface area contributed by atoms with Gasteiger partial charge in [-0.1, -0.05) is 23.2 Å². The molecular formula is C24H26Cl2N2O4. The molecule has 1 aliphatic rings. The molecule has 1 heterocycles. The summed E-state index contributed by atoms with van der Waals surface area (Å²) >= 11 is 11.9. The number of fused-ring (bicyclic) bond motifs is 1. The largest absolute Gasteiger partial charge is 0.491 e. The first-order valence-corrected chi connectivity index (χ1v) is 11.5. The minimum atomic E-state index is -0.607. The van der Waals surface area contributed by atoms with Gasteiger partial charge in [0.25, 0.3) is 5.91 Å². The van der Waals surface area contributed by atoms with Crippen molar-refractivity contribution in [3.8, 4) is 5.75 Å². The maximum absolute atomic E-state index is 12.6. The Labute approximate surface area is 196 Å². The summed E-state index contributed by atoms with van der Waals surface area (Å²) in [7, 11) is 0.